The number of carbonyl (C=O) groups is 1. The molecule has 0 radical (unpaired) electrons. The lowest BCUT2D eigenvalue weighted by Crippen LogP contribution is -2.63. The summed E-state index contributed by atoms with van der Waals surface area (Å²) < 4.78 is 33.4. The van der Waals surface area contributed by atoms with E-state index in [9.17, 15) is 18.3 Å². The molecule has 28 heavy (non-hydrogen) atoms. The van der Waals surface area contributed by atoms with Crippen LogP contribution < -0.4 is 10.0 Å². The minimum Gasteiger partial charge on any atom is -0.449 e. The standard InChI is InChI=1S/C20H32N2O5S/c1-5-6-7-8-16(17(23)18-20(3,4)13-27-19(24)21-18)22-28(25,26)15-11-9-14(2)10-12-15/h9-12,16-18,22-23H,5-8,13H2,1-4H3,(H,21,24)/t16-,17-,18-/m1/s1. The van der Waals surface area contributed by atoms with Gasteiger partial charge in [0.2, 0.25) is 10.0 Å². The molecule has 1 heterocycles. The molecule has 1 aliphatic rings. The first kappa shape index (κ1) is 22.6. The quantitative estimate of drug-likeness (QED) is 0.541. The Morgan fingerprint density at radius 1 is 1.29 bits per heavy atom. The lowest BCUT2D eigenvalue weighted by Gasteiger charge is -2.43. The van der Waals surface area contributed by atoms with Crippen LogP contribution in [0.15, 0.2) is 29.2 Å². The van der Waals surface area contributed by atoms with Gasteiger partial charge < -0.3 is 15.2 Å². The zero-order valence-electron chi connectivity index (χ0n) is 17.1. The fraction of sp³-hybridized carbons (Fsp3) is 0.650. The molecule has 1 aromatic carbocycles. The molecule has 0 unspecified atom stereocenters. The van der Waals surface area contributed by atoms with Gasteiger partial charge in [0, 0.05) is 5.41 Å². The number of carbonyl (C=O) groups excluding carboxylic acids is 1. The van der Waals surface area contributed by atoms with Gasteiger partial charge in [-0.1, -0.05) is 57.7 Å². The normalized spacial score (nSPS) is 21.5. The molecular formula is C20H32N2O5S. The number of unbranched alkanes of at least 4 members (excludes halogenated alkanes) is 2. The Balaban J connectivity index is 2.25. The molecule has 3 N–H and O–H groups in total. The summed E-state index contributed by atoms with van der Waals surface area (Å²) in [4.78, 5) is 11.9. The number of alkyl carbamates (subject to hydrolysis) is 1. The molecule has 158 valence electrons. The first-order valence-electron chi connectivity index (χ1n) is 9.77. The molecule has 0 aromatic heterocycles. The minimum atomic E-state index is -3.80. The molecule has 0 bridgehead atoms. The molecule has 8 heteroatoms. The van der Waals surface area contributed by atoms with Crippen LogP contribution in [0.1, 0.15) is 52.0 Å². The average molecular weight is 413 g/mol. The van der Waals surface area contributed by atoms with Crippen molar-refractivity contribution < 1.29 is 23.1 Å². The maximum absolute atomic E-state index is 12.9. The number of aliphatic hydroxyl groups is 1. The lowest BCUT2D eigenvalue weighted by atomic mass is 9.78. The van der Waals surface area contributed by atoms with Crippen molar-refractivity contribution in [3.63, 3.8) is 0 Å². The Morgan fingerprint density at radius 3 is 2.54 bits per heavy atom. The highest BCUT2D eigenvalue weighted by Crippen LogP contribution is 2.29. The van der Waals surface area contributed by atoms with Crippen molar-refractivity contribution in [1.82, 2.24) is 10.0 Å². The van der Waals surface area contributed by atoms with Crippen LogP contribution in [0.5, 0.6) is 0 Å². The van der Waals surface area contributed by atoms with E-state index in [-0.39, 0.29) is 11.5 Å². The predicted molar refractivity (Wildman–Crippen MR) is 107 cm³/mol. The van der Waals surface area contributed by atoms with Gasteiger partial charge >= 0.3 is 6.09 Å². The molecular weight excluding hydrogens is 380 g/mol. The van der Waals surface area contributed by atoms with Crippen LogP contribution in [0.2, 0.25) is 0 Å². The third-order valence-electron chi connectivity index (χ3n) is 5.20. The average Bonchev–Trinajstić information content (AvgIpc) is 2.63. The van der Waals surface area contributed by atoms with Crippen molar-refractivity contribution in [2.24, 2.45) is 5.41 Å². The number of cyclic esters (lactones) is 1. The molecule has 0 saturated carbocycles. The van der Waals surface area contributed by atoms with Crippen molar-refractivity contribution >= 4 is 16.1 Å². The fourth-order valence-corrected chi connectivity index (χ4v) is 4.67. The number of rotatable bonds is 9. The van der Waals surface area contributed by atoms with Crippen molar-refractivity contribution in [1.29, 1.82) is 0 Å². The summed E-state index contributed by atoms with van der Waals surface area (Å²) in [5, 5.41) is 13.7. The third kappa shape index (κ3) is 5.68. The van der Waals surface area contributed by atoms with Crippen molar-refractivity contribution in [3.05, 3.63) is 29.8 Å². The molecule has 1 amide bonds. The van der Waals surface area contributed by atoms with E-state index in [1.54, 1.807) is 24.3 Å². The van der Waals surface area contributed by atoms with E-state index in [1.165, 1.54) is 0 Å². The SMILES string of the molecule is CCCCC[C@@H](NS(=O)(=O)c1ccc(C)cc1)[C@@H](O)[C@H]1NC(=O)OCC1(C)C. The molecule has 2 rings (SSSR count). The number of sulfonamides is 1. The lowest BCUT2D eigenvalue weighted by molar-refractivity contribution is -0.0226. The predicted octanol–water partition coefficient (Wildman–Crippen LogP) is 2.72. The van der Waals surface area contributed by atoms with Crippen LogP contribution in [0.3, 0.4) is 0 Å². The summed E-state index contributed by atoms with van der Waals surface area (Å²) in [5.41, 5.74) is 0.427. The van der Waals surface area contributed by atoms with Crippen LogP contribution in [0.25, 0.3) is 0 Å². The number of benzene rings is 1. The van der Waals surface area contributed by atoms with E-state index in [4.69, 9.17) is 4.74 Å². The number of aryl methyl sites for hydroxylation is 1. The van der Waals surface area contributed by atoms with Crippen molar-refractivity contribution in [2.75, 3.05) is 6.61 Å². The number of ether oxygens (including phenoxy) is 1. The van der Waals surface area contributed by atoms with Gasteiger partial charge in [-0.25, -0.2) is 17.9 Å². The van der Waals surface area contributed by atoms with E-state index in [1.807, 2.05) is 20.8 Å². The summed E-state index contributed by atoms with van der Waals surface area (Å²) in [6.07, 6.45) is 1.47. The number of amides is 1. The number of hydrogen-bond acceptors (Lipinski definition) is 5. The van der Waals surface area contributed by atoms with Gasteiger partial charge in [-0.05, 0) is 25.5 Å². The topological polar surface area (TPSA) is 105 Å². The first-order chi connectivity index (χ1) is 13.1. The summed E-state index contributed by atoms with van der Waals surface area (Å²) in [6, 6.07) is 5.22. The Kier molecular flexibility index (Phi) is 7.47. The fourth-order valence-electron chi connectivity index (χ4n) is 3.38. The van der Waals surface area contributed by atoms with Gasteiger partial charge in [0.1, 0.15) is 6.61 Å². The summed E-state index contributed by atoms with van der Waals surface area (Å²) in [7, 11) is -3.80. The second kappa shape index (κ2) is 9.24. The Morgan fingerprint density at radius 2 is 1.93 bits per heavy atom. The van der Waals surface area contributed by atoms with Gasteiger partial charge in [-0.2, -0.15) is 0 Å². The Bertz CT molecular complexity index is 761. The third-order valence-corrected chi connectivity index (χ3v) is 6.71. The van der Waals surface area contributed by atoms with Crippen molar-refractivity contribution in [2.45, 2.75) is 76.5 Å². The second-order valence-electron chi connectivity index (χ2n) is 8.21. The first-order valence-corrected chi connectivity index (χ1v) is 11.3. The highest BCUT2D eigenvalue weighted by molar-refractivity contribution is 7.89. The van der Waals surface area contributed by atoms with E-state index in [0.717, 1.165) is 24.8 Å². The number of hydrogen-bond donors (Lipinski definition) is 3. The largest absolute Gasteiger partial charge is 0.449 e. The zero-order chi connectivity index (χ0) is 20.9. The van der Waals surface area contributed by atoms with Crippen molar-refractivity contribution in [3.8, 4) is 0 Å². The number of nitrogens with one attached hydrogen (secondary N) is 2. The molecule has 0 aliphatic carbocycles. The Hall–Kier alpha value is -1.64. The van der Waals surface area contributed by atoms with Crippen LogP contribution in [0.4, 0.5) is 4.79 Å². The molecule has 1 aliphatic heterocycles. The van der Waals surface area contributed by atoms with Gasteiger partial charge in [-0.3, -0.25) is 0 Å². The second-order valence-corrected chi connectivity index (χ2v) is 9.93. The van der Waals surface area contributed by atoms with Crippen LogP contribution in [0, 0.1) is 12.3 Å². The molecule has 1 fully saturated rings. The van der Waals surface area contributed by atoms with Gasteiger partial charge in [0.15, 0.2) is 0 Å². The molecule has 1 aromatic rings. The zero-order valence-corrected chi connectivity index (χ0v) is 17.9. The smallest absolute Gasteiger partial charge is 0.407 e. The van der Waals surface area contributed by atoms with Crippen LogP contribution >= 0.6 is 0 Å². The van der Waals surface area contributed by atoms with Gasteiger partial charge in [0.05, 0.1) is 23.1 Å². The van der Waals surface area contributed by atoms with Crippen LogP contribution in [-0.4, -0.2) is 44.4 Å². The van der Waals surface area contributed by atoms with E-state index < -0.39 is 39.7 Å². The Labute approximate surface area is 167 Å². The highest BCUT2D eigenvalue weighted by atomic mass is 32.2. The monoisotopic (exact) mass is 412 g/mol. The number of aliphatic hydroxyl groups excluding tert-OH is 1. The molecule has 1 saturated heterocycles. The molecule has 0 spiro atoms. The van der Waals surface area contributed by atoms with E-state index in [0.29, 0.717) is 6.42 Å². The molecule has 3 atom stereocenters. The van der Waals surface area contributed by atoms with E-state index >= 15 is 0 Å². The van der Waals surface area contributed by atoms with E-state index in [2.05, 4.69) is 17.0 Å². The van der Waals surface area contributed by atoms with Gasteiger partial charge in [0.25, 0.3) is 0 Å². The maximum atomic E-state index is 12.9. The maximum Gasteiger partial charge on any atom is 0.407 e. The van der Waals surface area contributed by atoms with Crippen LogP contribution in [-0.2, 0) is 14.8 Å². The summed E-state index contributed by atoms with van der Waals surface area (Å²) >= 11 is 0. The highest BCUT2D eigenvalue weighted by Gasteiger charge is 2.44. The summed E-state index contributed by atoms with van der Waals surface area (Å²) in [5.74, 6) is 0. The van der Waals surface area contributed by atoms with Gasteiger partial charge in [-0.15, -0.1) is 0 Å². The minimum absolute atomic E-state index is 0.154. The summed E-state index contributed by atoms with van der Waals surface area (Å²) in [6.45, 7) is 7.85. The molecule has 7 nitrogen and oxygen atoms in total.